The number of halogens is 1. The van der Waals surface area contributed by atoms with Crippen molar-refractivity contribution in [1.29, 1.82) is 0 Å². The molecule has 1 N–H and O–H groups in total. The molecule has 0 radical (unpaired) electrons. The van der Waals surface area contributed by atoms with E-state index in [-0.39, 0.29) is 18.9 Å². The van der Waals surface area contributed by atoms with E-state index in [1.54, 1.807) is 41.6 Å². The van der Waals surface area contributed by atoms with Crippen molar-refractivity contribution < 1.29 is 9.90 Å². The Bertz CT molecular complexity index is 619. The number of nitrogens with zero attached hydrogens (tertiary/aromatic N) is 3. The first-order chi connectivity index (χ1) is 11.1. The third-order valence-electron chi connectivity index (χ3n) is 3.43. The number of aliphatic hydroxyl groups excluding tert-OH is 1. The van der Waals surface area contributed by atoms with Crippen LogP contribution in [0.1, 0.15) is 30.7 Å². The Morgan fingerprint density at radius 2 is 2.17 bits per heavy atom. The molecule has 2 heterocycles. The van der Waals surface area contributed by atoms with Crippen molar-refractivity contribution in [2.24, 2.45) is 0 Å². The molecule has 1 atom stereocenters. The van der Waals surface area contributed by atoms with Crippen LogP contribution in [-0.2, 0) is 11.2 Å². The Balaban J connectivity index is 2.02. The number of carbonyl (C=O) groups excluding carboxylic acids is 1. The zero-order valence-corrected chi connectivity index (χ0v) is 13.8. The predicted octanol–water partition coefficient (Wildman–Crippen LogP) is 2.64. The molecule has 0 saturated carbocycles. The van der Waals surface area contributed by atoms with Gasteiger partial charge in [0, 0.05) is 36.4 Å². The summed E-state index contributed by atoms with van der Waals surface area (Å²) in [5.74, 6) is -0.0652. The predicted molar refractivity (Wildman–Crippen MR) is 89.0 cm³/mol. The number of carbonyl (C=O) groups is 1. The van der Waals surface area contributed by atoms with Gasteiger partial charge in [-0.3, -0.25) is 14.8 Å². The summed E-state index contributed by atoms with van der Waals surface area (Å²) in [6.45, 7) is 2.83. The molecule has 0 aliphatic carbocycles. The van der Waals surface area contributed by atoms with Crippen LogP contribution in [0.15, 0.2) is 42.9 Å². The minimum Gasteiger partial charge on any atom is -0.386 e. The Hall–Kier alpha value is -1.98. The number of aromatic nitrogens is 2. The first kappa shape index (κ1) is 17.4. The SMILES string of the molecule is CCCN(CC(O)c1cccnc1)C(=O)Cc1ccc(Cl)cn1. The molecular weight excluding hydrogens is 314 g/mol. The van der Waals surface area contributed by atoms with Crippen LogP contribution in [0.3, 0.4) is 0 Å². The van der Waals surface area contributed by atoms with Crippen LogP contribution in [0, 0.1) is 0 Å². The van der Waals surface area contributed by atoms with Crippen molar-refractivity contribution in [1.82, 2.24) is 14.9 Å². The summed E-state index contributed by atoms with van der Waals surface area (Å²) in [5, 5.41) is 10.8. The highest BCUT2D eigenvalue weighted by atomic mass is 35.5. The van der Waals surface area contributed by atoms with E-state index in [0.29, 0.717) is 22.8 Å². The maximum absolute atomic E-state index is 12.5. The van der Waals surface area contributed by atoms with Gasteiger partial charge in [-0.2, -0.15) is 0 Å². The zero-order valence-electron chi connectivity index (χ0n) is 13.0. The summed E-state index contributed by atoms with van der Waals surface area (Å²) in [5.41, 5.74) is 1.36. The van der Waals surface area contributed by atoms with Gasteiger partial charge in [0.15, 0.2) is 0 Å². The number of aliphatic hydroxyl groups is 1. The second kappa shape index (κ2) is 8.60. The van der Waals surface area contributed by atoms with Gasteiger partial charge in [0.05, 0.1) is 24.1 Å². The van der Waals surface area contributed by atoms with Gasteiger partial charge in [0.2, 0.25) is 5.91 Å². The number of hydrogen-bond acceptors (Lipinski definition) is 4. The zero-order chi connectivity index (χ0) is 16.7. The highest BCUT2D eigenvalue weighted by Crippen LogP contribution is 2.14. The lowest BCUT2D eigenvalue weighted by Gasteiger charge is -2.25. The fourth-order valence-electron chi connectivity index (χ4n) is 2.25. The monoisotopic (exact) mass is 333 g/mol. The van der Waals surface area contributed by atoms with Gasteiger partial charge in [-0.25, -0.2) is 0 Å². The lowest BCUT2D eigenvalue weighted by atomic mass is 10.1. The third kappa shape index (κ3) is 5.30. The molecule has 6 heteroatoms. The Labute approximate surface area is 141 Å². The molecule has 0 spiro atoms. The smallest absolute Gasteiger partial charge is 0.228 e. The number of pyridine rings is 2. The van der Waals surface area contributed by atoms with Gasteiger partial charge in [-0.05, 0) is 24.6 Å². The topological polar surface area (TPSA) is 66.3 Å². The molecule has 23 heavy (non-hydrogen) atoms. The molecule has 5 nitrogen and oxygen atoms in total. The summed E-state index contributed by atoms with van der Waals surface area (Å²) in [6.07, 6.45) is 5.05. The first-order valence-corrected chi connectivity index (χ1v) is 7.94. The van der Waals surface area contributed by atoms with Gasteiger partial charge in [0.1, 0.15) is 0 Å². The van der Waals surface area contributed by atoms with Crippen molar-refractivity contribution in [2.75, 3.05) is 13.1 Å². The van der Waals surface area contributed by atoms with Crippen LogP contribution < -0.4 is 0 Å². The first-order valence-electron chi connectivity index (χ1n) is 7.56. The molecule has 2 aromatic heterocycles. The van der Waals surface area contributed by atoms with Crippen LogP contribution in [0.5, 0.6) is 0 Å². The van der Waals surface area contributed by atoms with Crippen LogP contribution in [0.25, 0.3) is 0 Å². The highest BCUT2D eigenvalue weighted by molar-refractivity contribution is 6.30. The lowest BCUT2D eigenvalue weighted by molar-refractivity contribution is -0.132. The maximum atomic E-state index is 12.5. The van der Waals surface area contributed by atoms with E-state index in [1.807, 2.05) is 6.92 Å². The Morgan fingerprint density at radius 3 is 2.78 bits per heavy atom. The van der Waals surface area contributed by atoms with Crippen LogP contribution >= 0.6 is 11.6 Å². The van der Waals surface area contributed by atoms with Gasteiger partial charge in [-0.1, -0.05) is 24.6 Å². The van der Waals surface area contributed by atoms with Crippen molar-refractivity contribution >= 4 is 17.5 Å². The molecule has 0 bridgehead atoms. The summed E-state index contributed by atoms with van der Waals surface area (Å²) in [4.78, 5) is 22.3. The maximum Gasteiger partial charge on any atom is 0.228 e. The number of rotatable bonds is 7. The van der Waals surface area contributed by atoms with Crippen molar-refractivity contribution in [3.05, 3.63) is 59.1 Å². The summed E-state index contributed by atoms with van der Waals surface area (Å²) >= 11 is 5.80. The summed E-state index contributed by atoms with van der Waals surface area (Å²) in [7, 11) is 0. The van der Waals surface area contributed by atoms with Gasteiger partial charge in [0.25, 0.3) is 0 Å². The number of amides is 1. The Kier molecular flexibility index (Phi) is 6.50. The molecule has 1 amide bonds. The molecule has 0 saturated heterocycles. The van der Waals surface area contributed by atoms with Gasteiger partial charge >= 0.3 is 0 Å². The van der Waals surface area contributed by atoms with Gasteiger partial charge < -0.3 is 10.0 Å². The van der Waals surface area contributed by atoms with Crippen LogP contribution in [0.2, 0.25) is 5.02 Å². The van der Waals surface area contributed by atoms with E-state index in [9.17, 15) is 9.90 Å². The van der Waals surface area contributed by atoms with E-state index in [1.165, 1.54) is 6.20 Å². The quantitative estimate of drug-likeness (QED) is 0.846. The summed E-state index contributed by atoms with van der Waals surface area (Å²) in [6, 6.07) is 7.02. The molecule has 2 aromatic rings. The lowest BCUT2D eigenvalue weighted by Crippen LogP contribution is -2.36. The molecule has 0 fully saturated rings. The fourth-order valence-corrected chi connectivity index (χ4v) is 2.36. The van der Waals surface area contributed by atoms with Crippen molar-refractivity contribution in [2.45, 2.75) is 25.9 Å². The minimum atomic E-state index is -0.752. The highest BCUT2D eigenvalue weighted by Gasteiger charge is 2.19. The minimum absolute atomic E-state index is 0.0652. The standard InChI is InChI=1S/C17H20ClN3O2/c1-2-8-21(12-16(22)13-4-3-7-19-10-13)17(23)9-15-6-5-14(18)11-20-15/h3-7,10-11,16,22H,2,8-9,12H2,1H3. The molecule has 0 aliphatic heterocycles. The molecule has 2 rings (SSSR count). The molecular formula is C17H20ClN3O2. The second-order valence-electron chi connectivity index (χ2n) is 5.29. The molecule has 122 valence electrons. The average molecular weight is 334 g/mol. The van der Waals surface area contributed by atoms with E-state index in [4.69, 9.17) is 11.6 Å². The van der Waals surface area contributed by atoms with E-state index in [2.05, 4.69) is 9.97 Å². The van der Waals surface area contributed by atoms with Crippen LogP contribution in [0.4, 0.5) is 0 Å². The molecule has 1 unspecified atom stereocenters. The molecule has 0 aliphatic rings. The van der Waals surface area contributed by atoms with Crippen LogP contribution in [-0.4, -0.2) is 39.0 Å². The number of hydrogen-bond donors (Lipinski definition) is 1. The average Bonchev–Trinajstić information content (AvgIpc) is 2.57. The summed E-state index contributed by atoms with van der Waals surface area (Å²) < 4.78 is 0. The van der Waals surface area contributed by atoms with Crippen molar-refractivity contribution in [3.63, 3.8) is 0 Å². The third-order valence-corrected chi connectivity index (χ3v) is 3.65. The Morgan fingerprint density at radius 1 is 1.35 bits per heavy atom. The molecule has 0 aromatic carbocycles. The van der Waals surface area contributed by atoms with Crippen molar-refractivity contribution in [3.8, 4) is 0 Å². The van der Waals surface area contributed by atoms with Gasteiger partial charge in [-0.15, -0.1) is 0 Å². The normalized spacial score (nSPS) is 12.0. The van der Waals surface area contributed by atoms with E-state index in [0.717, 1.165) is 6.42 Å². The van der Waals surface area contributed by atoms with E-state index >= 15 is 0 Å². The second-order valence-corrected chi connectivity index (χ2v) is 5.72. The van der Waals surface area contributed by atoms with E-state index < -0.39 is 6.10 Å². The largest absolute Gasteiger partial charge is 0.386 e. The fraction of sp³-hybridized carbons (Fsp3) is 0.353.